The third kappa shape index (κ3) is 5.24. The predicted molar refractivity (Wildman–Crippen MR) is 36.1 cm³/mol. The molecule has 9 heavy (non-hydrogen) atoms. The third-order valence-electron chi connectivity index (χ3n) is 1.01. The van der Waals surface area contributed by atoms with Crippen LogP contribution in [-0.4, -0.2) is 17.5 Å². The van der Waals surface area contributed by atoms with Crippen LogP contribution in [0.3, 0.4) is 0 Å². The average Bonchev–Trinajstić information content (AvgIpc) is 1.89. The zero-order valence-corrected chi connectivity index (χ0v) is 5.58. The van der Waals surface area contributed by atoms with E-state index >= 15 is 0 Å². The van der Waals surface area contributed by atoms with Crippen molar-refractivity contribution in [3.05, 3.63) is 12.2 Å². The van der Waals surface area contributed by atoms with Crippen LogP contribution in [0, 0.1) is 0 Å². The molecule has 2 nitrogen and oxygen atoms in total. The lowest BCUT2D eigenvalue weighted by atomic mass is 10.2. The highest BCUT2D eigenvalue weighted by molar-refractivity contribution is 5.51. The van der Waals surface area contributed by atoms with Gasteiger partial charge in [0.15, 0.2) is 0 Å². The van der Waals surface area contributed by atoms with Gasteiger partial charge in [-0.05, 0) is 6.42 Å². The second kappa shape index (κ2) is 5.51. The van der Waals surface area contributed by atoms with Crippen molar-refractivity contribution in [1.82, 2.24) is 0 Å². The van der Waals surface area contributed by atoms with Gasteiger partial charge < -0.3 is 9.90 Å². The van der Waals surface area contributed by atoms with Gasteiger partial charge in [-0.15, -0.1) is 0 Å². The van der Waals surface area contributed by atoms with Crippen LogP contribution < -0.4 is 0 Å². The molecule has 1 N–H and O–H groups in total. The maximum Gasteiger partial charge on any atom is 0.123 e. The molecule has 0 aromatic carbocycles. The molecular weight excluding hydrogens is 116 g/mol. The van der Waals surface area contributed by atoms with Crippen LogP contribution >= 0.6 is 0 Å². The Hall–Kier alpha value is -0.630. The summed E-state index contributed by atoms with van der Waals surface area (Å²) in [5.74, 6) is 0. The molecule has 0 saturated heterocycles. The molecule has 1 atom stereocenters. The lowest BCUT2D eigenvalue weighted by Crippen LogP contribution is -1.97. The van der Waals surface area contributed by atoms with Crippen LogP contribution in [0.2, 0.25) is 0 Å². The number of allylic oxidation sites excluding steroid dienone is 1. The Bertz CT molecular complexity index is 97.1. The van der Waals surface area contributed by atoms with E-state index in [2.05, 4.69) is 0 Å². The average molecular weight is 128 g/mol. The molecule has 0 fully saturated rings. The summed E-state index contributed by atoms with van der Waals surface area (Å²) in [6, 6.07) is 0. The number of hydrogen-bond donors (Lipinski definition) is 1. The van der Waals surface area contributed by atoms with Gasteiger partial charge in [-0.1, -0.05) is 19.1 Å². The summed E-state index contributed by atoms with van der Waals surface area (Å²) in [5.41, 5.74) is 0. The van der Waals surface area contributed by atoms with Crippen molar-refractivity contribution in [1.29, 1.82) is 0 Å². The second-order valence-corrected chi connectivity index (χ2v) is 1.81. The molecule has 0 radical (unpaired) electrons. The van der Waals surface area contributed by atoms with Gasteiger partial charge in [-0.2, -0.15) is 0 Å². The Morgan fingerprint density at radius 2 is 2.33 bits per heavy atom. The Kier molecular flexibility index (Phi) is 5.12. The van der Waals surface area contributed by atoms with Crippen LogP contribution in [0.4, 0.5) is 0 Å². The summed E-state index contributed by atoms with van der Waals surface area (Å²) < 4.78 is 0. The molecule has 0 amide bonds. The van der Waals surface area contributed by atoms with E-state index in [1.807, 2.05) is 6.92 Å². The Morgan fingerprint density at radius 1 is 1.67 bits per heavy atom. The van der Waals surface area contributed by atoms with Crippen LogP contribution in [0.5, 0.6) is 0 Å². The van der Waals surface area contributed by atoms with Gasteiger partial charge >= 0.3 is 0 Å². The molecule has 2 heteroatoms. The Morgan fingerprint density at radius 3 is 2.78 bits per heavy atom. The number of aldehydes is 1. The largest absolute Gasteiger partial charge is 0.389 e. The van der Waals surface area contributed by atoms with Gasteiger partial charge in [-0.3, -0.25) is 0 Å². The lowest BCUT2D eigenvalue weighted by Gasteiger charge is -1.96. The summed E-state index contributed by atoms with van der Waals surface area (Å²) in [4.78, 5) is 9.74. The SMILES string of the molecule is CCC(O)/C=C/CC=O. The number of carbonyl (C=O) groups is 1. The second-order valence-electron chi connectivity index (χ2n) is 1.81. The Balaban J connectivity index is 3.31. The molecule has 0 aliphatic carbocycles. The zero-order chi connectivity index (χ0) is 7.11. The summed E-state index contributed by atoms with van der Waals surface area (Å²) in [5, 5.41) is 8.88. The molecule has 0 spiro atoms. The molecule has 0 aromatic heterocycles. The standard InChI is InChI=1S/C7H12O2/c1-2-7(9)5-3-4-6-8/h3,5-7,9H,2,4H2,1H3/b5-3+. The number of rotatable bonds is 4. The van der Waals surface area contributed by atoms with E-state index in [9.17, 15) is 4.79 Å². The minimum absolute atomic E-state index is 0.384. The molecule has 52 valence electrons. The van der Waals surface area contributed by atoms with E-state index in [1.54, 1.807) is 12.2 Å². The first-order chi connectivity index (χ1) is 4.31. The highest BCUT2D eigenvalue weighted by Crippen LogP contribution is 1.91. The van der Waals surface area contributed by atoms with Crippen LogP contribution in [0.15, 0.2) is 12.2 Å². The number of hydrogen-bond acceptors (Lipinski definition) is 2. The van der Waals surface area contributed by atoms with Crippen molar-refractivity contribution in [3.8, 4) is 0 Å². The summed E-state index contributed by atoms with van der Waals surface area (Å²) in [7, 11) is 0. The minimum atomic E-state index is -0.384. The fraction of sp³-hybridized carbons (Fsp3) is 0.571. The maximum absolute atomic E-state index is 9.74. The smallest absolute Gasteiger partial charge is 0.123 e. The predicted octanol–water partition coefficient (Wildman–Crippen LogP) is 0.902. The van der Waals surface area contributed by atoms with Gasteiger partial charge in [-0.25, -0.2) is 0 Å². The fourth-order valence-corrected chi connectivity index (χ4v) is 0.427. The van der Waals surface area contributed by atoms with Gasteiger partial charge in [0.05, 0.1) is 6.10 Å². The first kappa shape index (κ1) is 8.37. The van der Waals surface area contributed by atoms with Gasteiger partial charge in [0.25, 0.3) is 0 Å². The van der Waals surface area contributed by atoms with Crippen molar-refractivity contribution in [2.24, 2.45) is 0 Å². The molecule has 0 saturated carbocycles. The zero-order valence-electron chi connectivity index (χ0n) is 5.58. The molecule has 0 bridgehead atoms. The van der Waals surface area contributed by atoms with Crippen molar-refractivity contribution >= 4 is 6.29 Å². The van der Waals surface area contributed by atoms with E-state index in [4.69, 9.17) is 5.11 Å². The molecular formula is C7H12O2. The summed E-state index contributed by atoms with van der Waals surface area (Å²) >= 11 is 0. The first-order valence-corrected chi connectivity index (χ1v) is 3.09. The fourth-order valence-electron chi connectivity index (χ4n) is 0.427. The summed E-state index contributed by atoms with van der Waals surface area (Å²) in [6.07, 6.45) is 4.82. The van der Waals surface area contributed by atoms with Crippen LogP contribution in [-0.2, 0) is 4.79 Å². The Labute approximate surface area is 55.2 Å². The molecule has 0 aliphatic rings. The minimum Gasteiger partial charge on any atom is -0.389 e. The van der Waals surface area contributed by atoms with Gasteiger partial charge in [0.1, 0.15) is 6.29 Å². The highest BCUT2D eigenvalue weighted by Gasteiger charge is 1.89. The van der Waals surface area contributed by atoms with Crippen molar-refractivity contribution in [2.75, 3.05) is 0 Å². The van der Waals surface area contributed by atoms with Gasteiger partial charge in [0, 0.05) is 6.42 Å². The summed E-state index contributed by atoms with van der Waals surface area (Å²) in [6.45, 7) is 1.88. The van der Waals surface area contributed by atoms with E-state index in [-0.39, 0.29) is 6.10 Å². The van der Waals surface area contributed by atoms with Crippen molar-refractivity contribution in [3.63, 3.8) is 0 Å². The number of aliphatic hydroxyl groups is 1. The molecule has 0 rings (SSSR count). The topological polar surface area (TPSA) is 37.3 Å². The third-order valence-corrected chi connectivity index (χ3v) is 1.01. The van der Waals surface area contributed by atoms with E-state index in [1.165, 1.54) is 0 Å². The molecule has 0 aromatic rings. The quantitative estimate of drug-likeness (QED) is 0.451. The highest BCUT2D eigenvalue weighted by atomic mass is 16.3. The number of carbonyl (C=O) groups excluding carboxylic acids is 1. The first-order valence-electron chi connectivity index (χ1n) is 3.09. The van der Waals surface area contributed by atoms with E-state index in [0.29, 0.717) is 12.8 Å². The van der Waals surface area contributed by atoms with Crippen LogP contribution in [0.25, 0.3) is 0 Å². The number of aliphatic hydroxyl groups excluding tert-OH is 1. The van der Waals surface area contributed by atoms with E-state index in [0.717, 1.165) is 6.29 Å². The van der Waals surface area contributed by atoms with Crippen molar-refractivity contribution < 1.29 is 9.90 Å². The molecule has 1 unspecified atom stereocenters. The monoisotopic (exact) mass is 128 g/mol. The molecule has 0 heterocycles. The van der Waals surface area contributed by atoms with Gasteiger partial charge in [0.2, 0.25) is 0 Å². The molecule has 0 aliphatic heterocycles. The van der Waals surface area contributed by atoms with Crippen molar-refractivity contribution in [2.45, 2.75) is 25.9 Å². The lowest BCUT2D eigenvalue weighted by molar-refractivity contribution is -0.107. The van der Waals surface area contributed by atoms with E-state index < -0.39 is 0 Å². The maximum atomic E-state index is 9.74. The van der Waals surface area contributed by atoms with Crippen LogP contribution in [0.1, 0.15) is 19.8 Å². The normalized spacial score (nSPS) is 14.0.